The van der Waals surface area contributed by atoms with E-state index >= 15 is 0 Å². The highest BCUT2D eigenvalue weighted by molar-refractivity contribution is 5.91. The molecule has 4 heteroatoms. The molecule has 3 N–H and O–H groups in total. The lowest BCUT2D eigenvalue weighted by Gasteiger charge is -2.17. The molecule has 2 aromatic carbocycles. The van der Waals surface area contributed by atoms with E-state index in [1.807, 2.05) is 50.2 Å². The Kier molecular flexibility index (Phi) is 5.77. The van der Waals surface area contributed by atoms with Crippen molar-refractivity contribution in [1.82, 2.24) is 5.32 Å². The van der Waals surface area contributed by atoms with Crippen LogP contribution in [0.5, 0.6) is 5.75 Å². The number of aliphatic hydroxyl groups excluding tert-OH is 2. The summed E-state index contributed by atoms with van der Waals surface area (Å²) in [4.78, 5) is 0. The molecule has 0 saturated heterocycles. The molecule has 0 aromatic heterocycles. The van der Waals surface area contributed by atoms with Crippen LogP contribution in [0.25, 0.3) is 10.8 Å². The van der Waals surface area contributed by atoms with Crippen molar-refractivity contribution in [3.8, 4) is 5.75 Å². The number of rotatable bonds is 7. The van der Waals surface area contributed by atoms with Crippen molar-refractivity contribution >= 4 is 10.8 Å². The summed E-state index contributed by atoms with van der Waals surface area (Å²) in [7, 11) is 0. The number of fused-ring (bicyclic) bond motifs is 1. The zero-order valence-corrected chi connectivity index (χ0v) is 13.4. The van der Waals surface area contributed by atoms with E-state index in [1.54, 1.807) is 6.92 Å². The van der Waals surface area contributed by atoms with Crippen LogP contribution in [0.3, 0.4) is 0 Å². The number of aliphatic hydroxyl groups is 2. The van der Waals surface area contributed by atoms with Gasteiger partial charge in [0.1, 0.15) is 18.5 Å². The molecule has 0 saturated carbocycles. The Balaban J connectivity index is 2.14. The van der Waals surface area contributed by atoms with Crippen LogP contribution in [0.2, 0.25) is 0 Å². The lowest BCUT2D eigenvalue weighted by Crippen LogP contribution is -2.35. The average Bonchev–Trinajstić information content (AvgIpc) is 2.50. The lowest BCUT2D eigenvalue weighted by molar-refractivity contribution is 0.105. The van der Waals surface area contributed by atoms with Gasteiger partial charge in [-0.3, -0.25) is 0 Å². The molecule has 2 atom stereocenters. The fourth-order valence-corrected chi connectivity index (χ4v) is 2.40. The molecule has 2 aromatic rings. The largest absolute Gasteiger partial charge is 0.490 e. The van der Waals surface area contributed by atoms with Gasteiger partial charge in [-0.1, -0.05) is 44.2 Å². The Bertz CT molecular complexity index is 610. The summed E-state index contributed by atoms with van der Waals surface area (Å²) in [6.07, 6.45) is -1.09. The van der Waals surface area contributed by atoms with Crippen molar-refractivity contribution in [3.63, 3.8) is 0 Å². The maximum atomic E-state index is 9.95. The number of hydrogen-bond donors (Lipinski definition) is 3. The van der Waals surface area contributed by atoms with E-state index in [9.17, 15) is 10.2 Å². The molecule has 0 aliphatic carbocycles. The summed E-state index contributed by atoms with van der Waals surface area (Å²) in [5.41, 5.74) is 0.880. The van der Waals surface area contributed by atoms with Gasteiger partial charge >= 0.3 is 0 Å². The zero-order valence-electron chi connectivity index (χ0n) is 13.4. The van der Waals surface area contributed by atoms with Gasteiger partial charge in [-0.2, -0.15) is 0 Å². The lowest BCUT2D eigenvalue weighted by atomic mass is 10.0. The molecule has 0 spiro atoms. The topological polar surface area (TPSA) is 61.7 Å². The van der Waals surface area contributed by atoms with E-state index < -0.39 is 12.2 Å². The summed E-state index contributed by atoms with van der Waals surface area (Å²) in [5.74, 6) is 0.726. The quantitative estimate of drug-likeness (QED) is 0.736. The third-order valence-corrected chi connectivity index (χ3v) is 3.56. The first-order chi connectivity index (χ1) is 10.5. The second-order valence-electron chi connectivity index (χ2n) is 5.90. The van der Waals surface area contributed by atoms with Crippen LogP contribution in [-0.2, 0) is 0 Å². The molecule has 2 rings (SSSR count). The summed E-state index contributed by atoms with van der Waals surface area (Å²) in [6, 6.07) is 11.9. The standard InChI is InChI=1S/C18H25NO3/c1-12(2)19-10-14(21)11-22-18-9-8-15(13(3)20)16-6-4-5-7-17(16)18/h4-9,12-14,19-21H,10-11H2,1-3H3. The second kappa shape index (κ2) is 7.58. The van der Waals surface area contributed by atoms with Gasteiger partial charge in [0, 0.05) is 18.0 Å². The molecule has 0 bridgehead atoms. The summed E-state index contributed by atoms with van der Waals surface area (Å²) in [5, 5.41) is 24.9. The summed E-state index contributed by atoms with van der Waals surface area (Å²) >= 11 is 0. The molecule has 2 unspecified atom stereocenters. The third kappa shape index (κ3) is 4.19. The van der Waals surface area contributed by atoms with Crippen LogP contribution in [0.4, 0.5) is 0 Å². The van der Waals surface area contributed by atoms with Gasteiger partial charge in [0.15, 0.2) is 0 Å². The monoisotopic (exact) mass is 303 g/mol. The van der Waals surface area contributed by atoms with Gasteiger partial charge in [0.2, 0.25) is 0 Å². The summed E-state index contributed by atoms with van der Waals surface area (Å²) < 4.78 is 5.78. The van der Waals surface area contributed by atoms with Crippen LogP contribution in [0.1, 0.15) is 32.4 Å². The first-order valence-corrected chi connectivity index (χ1v) is 7.73. The minimum Gasteiger partial charge on any atom is -0.490 e. The van der Waals surface area contributed by atoms with Gasteiger partial charge in [0.25, 0.3) is 0 Å². The maximum Gasteiger partial charge on any atom is 0.127 e. The smallest absolute Gasteiger partial charge is 0.127 e. The molecule has 120 valence electrons. The van der Waals surface area contributed by atoms with Gasteiger partial charge in [-0.25, -0.2) is 0 Å². The first-order valence-electron chi connectivity index (χ1n) is 7.73. The number of nitrogens with one attached hydrogen (secondary N) is 1. The molecule has 4 nitrogen and oxygen atoms in total. The van der Waals surface area contributed by atoms with E-state index in [2.05, 4.69) is 5.32 Å². The average molecular weight is 303 g/mol. The molecule has 22 heavy (non-hydrogen) atoms. The Morgan fingerprint density at radius 2 is 1.68 bits per heavy atom. The fraction of sp³-hybridized carbons (Fsp3) is 0.444. The number of hydrogen-bond acceptors (Lipinski definition) is 4. The third-order valence-electron chi connectivity index (χ3n) is 3.56. The molecular weight excluding hydrogens is 278 g/mol. The molecule has 0 fully saturated rings. The van der Waals surface area contributed by atoms with Gasteiger partial charge in [-0.15, -0.1) is 0 Å². The highest BCUT2D eigenvalue weighted by Gasteiger charge is 2.12. The minimum atomic E-state index is -0.558. The van der Waals surface area contributed by atoms with Crippen molar-refractivity contribution in [2.45, 2.75) is 39.0 Å². The van der Waals surface area contributed by atoms with Gasteiger partial charge < -0.3 is 20.3 Å². The Labute approximate surface area is 131 Å². The predicted octanol–water partition coefficient (Wildman–Crippen LogP) is 2.63. The van der Waals surface area contributed by atoms with Gasteiger partial charge in [0.05, 0.1) is 6.10 Å². The van der Waals surface area contributed by atoms with E-state index in [0.717, 1.165) is 22.1 Å². The van der Waals surface area contributed by atoms with Gasteiger partial charge in [-0.05, 0) is 23.9 Å². The molecule has 0 amide bonds. The van der Waals surface area contributed by atoms with Crippen LogP contribution in [0, 0.1) is 0 Å². The normalized spacial score (nSPS) is 14.3. The number of benzene rings is 2. The maximum absolute atomic E-state index is 9.95. The predicted molar refractivity (Wildman–Crippen MR) is 89.2 cm³/mol. The van der Waals surface area contributed by atoms with E-state index in [4.69, 9.17) is 4.74 Å². The number of ether oxygens (including phenoxy) is 1. The molecule has 0 aliphatic heterocycles. The molecule has 0 heterocycles. The van der Waals surface area contributed by atoms with Crippen molar-refractivity contribution in [1.29, 1.82) is 0 Å². The molecule has 0 radical (unpaired) electrons. The van der Waals surface area contributed by atoms with E-state index in [1.165, 1.54) is 0 Å². The summed E-state index contributed by atoms with van der Waals surface area (Å²) in [6.45, 7) is 6.56. The molecular formula is C18H25NO3. The Morgan fingerprint density at radius 3 is 2.32 bits per heavy atom. The van der Waals surface area contributed by atoms with Crippen molar-refractivity contribution in [2.24, 2.45) is 0 Å². The SMILES string of the molecule is CC(C)NCC(O)COc1ccc(C(C)O)c2ccccc12. The highest BCUT2D eigenvalue weighted by Crippen LogP contribution is 2.31. The van der Waals surface area contributed by atoms with E-state index in [-0.39, 0.29) is 6.61 Å². The molecule has 0 aliphatic rings. The van der Waals surface area contributed by atoms with E-state index in [0.29, 0.717) is 12.6 Å². The van der Waals surface area contributed by atoms with Crippen LogP contribution in [0.15, 0.2) is 36.4 Å². The first kappa shape index (κ1) is 16.7. The van der Waals surface area contributed by atoms with Crippen molar-refractivity contribution in [2.75, 3.05) is 13.2 Å². The fourth-order valence-electron chi connectivity index (χ4n) is 2.40. The van der Waals surface area contributed by atoms with Crippen LogP contribution >= 0.6 is 0 Å². The van der Waals surface area contributed by atoms with Crippen molar-refractivity contribution < 1.29 is 14.9 Å². The minimum absolute atomic E-state index is 0.234. The van der Waals surface area contributed by atoms with Crippen molar-refractivity contribution in [3.05, 3.63) is 42.0 Å². The zero-order chi connectivity index (χ0) is 16.1. The van der Waals surface area contributed by atoms with Crippen LogP contribution < -0.4 is 10.1 Å². The Morgan fingerprint density at radius 1 is 1.00 bits per heavy atom. The highest BCUT2D eigenvalue weighted by atomic mass is 16.5. The second-order valence-corrected chi connectivity index (χ2v) is 5.90. The van der Waals surface area contributed by atoms with Crippen LogP contribution in [-0.4, -0.2) is 35.5 Å². The Hall–Kier alpha value is -1.62.